The maximum absolute atomic E-state index is 12.2. The summed E-state index contributed by atoms with van der Waals surface area (Å²) in [7, 11) is 0. The van der Waals surface area contributed by atoms with Crippen LogP contribution in [0, 0.1) is 13.8 Å². The Morgan fingerprint density at radius 1 is 1.12 bits per heavy atom. The molecule has 0 saturated carbocycles. The molecule has 0 unspecified atom stereocenters. The number of benzene rings is 2. The Hall–Kier alpha value is -2.08. The van der Waals surface area contributed by atoms with Crippen LogP contribution in [0.2, 0.25) is 0 Å². The van der Waals surface area contributed by atoms with Crippen LogP contribution in [-0.2, 0) is 9.53 Å². The van der Waals surface area contributed by atoms with E-state index in [1.807, 2.05) is 50.2 Å². The van der Waals surface area contributed by atoms with Crippen LogP contribution in [0.25, 0.3) is 0 Å². The fourth-order valence-electron chi connectivity index (χ4n) is 3.03. The molecule has 2 aromatic carbocycles. The number of hydrogen-bond donors (Lipinski definition) is 2. The third-order valence-corrected chi connectivity index (χ3v) is 4.22. The summed E-state index contributed by atoms with van der Waals surface area (Å²) in [6.45, 7) is 4.53. The van der Waals surface area contributed by atoms with Crippen LogP contribution >= 0.6 is 12.4 Å². The molecular formula is C20H25ClN2O3. The largest absolute Gasteiger partial charge is 0.457 e. The van der Waals surface area contributed by atoms with Gasteiger partial charge in [-0.05, 0) is 74.2 Å². The zero-order valence-electron chi connectivity index (χ0n) is 15.0. The molecule has 3 N–H and O–H groups in total. The minimum Gasteiger partial charge on any atom is -0.457 e. The molecule has 2 aromatic rings. The zero-order chi connectivity index (χ0) is 17.8. The van der Waals surface area contributed by atoms with Gasteiger partial charge in [-0.3, -0.25) is 4.79 Å². The molecule has 0 bridgehead atoms. The normalized spacial score (nSPS) is 18.9. The second kappa shape index (κ2) is 9.03. The van der Waals surface area contributed by atoms with E-state index in [2.05, 4.69) is 11.4 Å². The van der Waals surface area contributed by atoms with Crippen molar-refractivity contribution in [3.63, 3.8) is 0 Å². The monoisotopic (exact) mass is 376 g/mol. The first kappa shape index (κ1) is 20.2. The third-order valence-electron chi connectivity index (χ3n) is 4.22. The fraction of sp³-hybridized carbons (Fsp3) is 0.350. The van der Waals surface area contributed by atoms with Gasteiger partial charge in [-0.15, -0.1) is 12.4 Å². The lowest BCUT2D eigenvalue weighted by molar-refractivity contribution is -0.126. The van der Waals surface area contributed by atoms with E-state index in [-0.39, 0.29) is 24.4 Å². The second-order valence-corrected chi connectivity index (χ2v) is 6.50. The molecule has 1 amide bonds. The molecule has 0 aromatic heterocycles. The quantitative estimate of drug-likeness (QED) is 0.828. The Balaban J connectivity index is 0.00000243. The van der Waals surface area contributed by atoms with Crippen LogP contribution in [0.4, 0.5) is 5.69 Å². The Labute approximate surface area is 160 Å². The third kappa shape index (κ3) is 5.21. The first-order chi connectivity index (χ1) is 12.0. The summed E-state index contributed by atoms with van der Waals surface area (Å²) >= 11 is 0. The summed E-state index contributed by atoms with van der Waals surface area (Å²) in [5.41, 5.74) is 8.61. The summed E-state index contributed by atoms with van der Waals surface area (Å²) in [5.74, 6) is 1.41. The molecule has 26 heavy (non-hydrogen) atoms. The Morgan fingerprint density at radius 2 is 1.77 bits per heavy atom. The van der Waals surface area contributed by atoms with E-state index in [1.54, 1.807) is 0 Å². The maximum Gasteiger partial charge on any atom is 0.253 e. The average Bonchev–Trinajstić information content (AvgIpc) is 3.05. The van der Waals surface area contributed by atoms with Gasteiger partial charge in [0, 0.05) is 12.2 Å². The second-order valence-electron chi connectivity index (χ2n) is 6.50. The van der Waals surface area contributed by atoms with Crippen molar-refractivity contribution in [3.05, 3.63) is 53.6 Å². The lowest BCUT2D eigenvalue weighted by Crippen LogP contribution is -2.29. The predicted molar refractivity (Wildman–Crippen MR) is 105 cm³/mol. The maximum atomic E-state index is 12.2. The van der Waals surface area contributed by atoms with Crippen molar-refractivity contribution in [3.8, 4) is 11.5 Å². The number of ether oxygens (including phenoxy) is 2. The van der Waals surface area contributed by atoms with E-state index in [0.717, 1.165) is 34.7 Å². The van der Waals surface area contributed by atoms with Gasteiger partial charge in [0.05, 0.1) is 6.10 Å². The number of halogens is 1. The Kier molecular flexibility index (Phi) is 7.03. The van der Waals surface area contributed by atoms with Crippen LogP contribution in [0.1, 0.15) is 24.0 Å². The predicted octanol–water partition coefficient (Wildman–Crippen LogP) is 3.96. The van der Waals surface area contributed by atoms with Crippen molar-refractivity contribution in [2.24, 2.45) is 5.73 Å². The molecular weight excluding hydrogens is 352 g/mol. The summed E-state index contributed by atoms with van der Waals surface area (Å²) in [6.07, 6.45) is 1.11. The number of rotatable bonds is 5. The van der Waals surface area contributed by atoms with Gasteiger partial charge < -0.3 is 20.5 Å². The first-order valence-electron chi connectivity index (χ1n) is 8.56. The molecule has 1 saturated heterocycles. The highest BCUT2D eigenvalue weighted by molar-refractivity contribution is 5.94. The molecule has 1 aliphatic heterocycles. The smallest absolute Gasteiger partial charge is 0.253 e. The molecule has 1 heterocycles. The standard InChI is InChI=1S/C20H24N2O3.ClH/c1-13-9-14(2)11-18(10-13)24-16-5-3-15(4-6-16)22-20(23)19-8-7-17(12-21)25-19;/h3-6,9-11,17,19H,7-8,12,21H2,1-2H3,(H,22,23);1H/t17-,19+;/m1./s1. The van der Waals surface area contributed by atoms with Crippen molar-refractivity contribution in [1.82, 2.24) is 0 Å². The highest BCUT2D eigenvalue weighted by atomic mass is 35.5. The zero-order valence-corrected chi connectivity index (χ0v) is 15.8. The van der Waals surface area contributed by atoms with Crippen molar-refractivity contribution in [2.45, 2.75) is 38.9 Å². The molecule has 3 rings (SSSR count). The average molecular weight is 377 g/mol. The number of nitrogens with two attached hydrogens (primary N) is 1. The first-order valence-corrected chi connectivity index (χ1v) is 8.56. The van der Waals surface area contributed by atoms with E-state index in [4.69, 9.17) is 15.2 Å². The summed E-state index contributed by atoms with van der Waals surface area (Å²) in [4.78, 5) is 12.2. The SMILES string of the molecule is Cc1cc(C)cc(Oc2ccc(NC(=O)[C@@H]3CC[C@H](CN)O3)cc2)c1.Cl. The highest BCUT2D eigenvalue weighted by Gasteiger charge is 2.29. The van der Waals surface area contributed by atoms with Crippen molar-refractivity contribution in [1.29, 1.82) is 0 Å². The van der Waals surface area contributed by atoms with E-state index in [0.29, 0.717) is 13.0 Å². The van der Waals surface area contributed by atoms with E-state index in [9.17, 15) is 4.79 Å². The molecule has 0 aliphatic carbocycles. The number of carbonyl (C=O) groups excluding carboxylic acids is 1. The number of anilines is 1. The number of hydrogen-bond acceptors (Lipinski definition) is 4. The van der Waals surface area contributed by atoms with Crippen LogP contribution in [0.15, 0.2) is 42.5 Å². The fourth-order valence-corrected chi connectivity index (χ4v) is 3.03. The summed E-state index contributed by atoms with van der Waals surface area (Å²) < 4.78 is 11.5. The van der Waals surface area contributed by atoms with Gasteiger partial charge in [-0.25, -0.2) is 0 Å². The van der Waals surface area contributed by atoms with Crippen LogP contribution in [0.3, 0.4) is 0 Å². The lowest BCUT2D eigenvalue weighted by atomic mass is 10.1. The molecule has 2 atom stereocenters. The van der Waals surface area contributed by atoms with Crippen LogP contribution in [0.5, 0.6) is 11.5 Å². The molecule has 140 valence electrons. The van der Waals surface area contributed by atoms with Gasteiger partial charge in [-0.2, -0.15) is 0 Å². The van der Waals surface area contributed by atoms with E-state index in [1.165, 1.54) is 0 Å². The lowest BCUT2D eigenvalue weighted by Gasteiger charge is -2.13. The molecule has 5 nitrogen and oxygen atoms in total. The van der Waals surface area contributed by atoms with Gasteiger partial charge >= 0.3 is 0 Å². The van der Waals surface area contributed by atoms with Crippen LogP contribution < -0.4 is 15.8 Å². The molecule has 0 radical (unpaired) electrons. The van der Waals surface area contributed by atoms with Crippen molar-refractivity contribution >= 4 is 24.0 Å². The number of carbonyl (C=O) groups is 1. The van der Waals surface area contributed by atoms with E-state index < -0.39 is 6.10 Å². The highest BCUT2D eigenvalue weighted by Crippen LogP contribution is 2.26. The molecule has 1 aliphatic rings. The summed E-state index contributed by atoms with van der Waals surface area (Å²) in [6, 6.07) is 13.4. The number of nitrogens with one attached hydrogen (secondary N) is 1. The van der Waals surface area contributed by atoms with Gasteiger partial charge in [0.25, 0.3) is 5.91 Å². The van der Waals surface area contributed by atoms with Gasteiger partial charge in [0.2, 0.25) is 0 Å². The molecule has 0 spiro atoms. The van der Waals surface area contributed by atoms with Crippen molar-refractivity contribution in [2.75, 3.05) is 11.9 Å². The summed E-state index contributed by atoms with van der Waals surface area (Å²) in [5, 5.41) is 2.88. The topological polar surface area (TPSA) is 73.6 Å². The molecule has 1 fully saturated rings. The van der Waals surface area contributed by atoms with Gasteiger partial charge in [0.1, 0.15) is 17.6 Å². The Bertz CT molecular complexity index is 729. The minimum absolute atomic E-state index is 0. The van der Waals surface area contributed by atoms with Crippen LogP contribution in [-0.4, -0.2) is 24.7 Å². The minimum atomic E-state index is -0.417. The van der Waals surface area contributed by atoms with Gasteiger partial charge in [0.15, 0.2) is 0 Å². The Morgan fingerprint density at radius 3 is 2.35 bits per heavy atom. The van der Waals surface area contributed by atoms with E-state index >= 15 is 0 Å². The van der Waals surface area contributed by atoms with Crippen molar-refractivity contribution < 1.29 is 14.3 Å². The number of amides is 1. The van der Waals surface area contributed by atoms with Gasteiger partial charge in [-0.1, -0.05) is 6.07 Å². The molecule has 6 heteroatoms. The number of aryl methyl sites for hydroxylation is 2.